The monoisotopic (exact) mass is 217 g/mol. The smallest absolute Gasteiger partial charge is 0.408 e. The van der Waals surface area contributed by atoms with Gasteiger partial charge in [-0.3, -0.25) is 0 Å². The maximum atomic E-state index is 11.4. The lowest BCUT2D eigenvalue weighted by molar-refractivity contribution is 0.0183. The van der Waals surface area contributed by atoms with Gasteiger partial charge in [0.2, 0.25) is 0 Å². The van der Waals surface area contributed by atoms with Gasteiger partial charge >= 0.3 is 6.09 Å². The fraction of sp³-hybridized carbons (Fsp3) is 0.900. The van der Waals surface area contributed by atoms with Gasteiger partial charge in [0.05, 0.1) is 19.3 Å². The Labute approximate surface area is 89.8 Å². The molecular formula is C10H19NO4. The minimum absolute atomic E-state index is 0.230. The highest BCUT2D eigenvalue weighted by atomic mass is 16.6. The van der Waals surface area contributed by atoms with Crippen LogP contribution in [-0.4, -0.2) is 41.7 Å². The molecule has 0 radical (unpaired) electrons. The van der Waals surface area contributed by atoms with Crippen molar-refractivity contribution >= 4 is 6.09 Å². The highest BCUT2D eigenvalue weighted by Gasteiger charge is 2.39. The molecule has 0 bridgehead atoms. The fourth-order valence-corrected chi connectivity index (χ4v) is 1.31. The van der Waals surface area contributed by atoms with E-state index in [2.05, 4.69) is 5.32 Å². The molecule has 5 heteroatoms. The number of aliphatic hydroxyl groups is 1. The van der Waals surface area contributed by atoms with Gasteiger partial charge in [-0.1, -0.05) is 0 Å². The van der Waals surface area contributed by atoms with E-state index in [4.69, 9.17) is 9.47 Å². The summed E-state index contributed by atoms with van der Waals surface area (Å²) in [6.07, 6.45) is -0.529. The number of amides is 1. The van der Waals surface area contributed by atoms with Crippen molar-refractivity contribution in [2.75, 3.05) is 13.2 Å². The minimum Gasteiger partial charge on any atom is -0.444 e. The van der Waals surface area contributed by atoms with Gasteiger partial charge in [0.25, 0.3) is 0 Å². The standard InChI is InChI=1S/C10H19NO4/c1-9(2,3)15-8(12)11-7-5-14-6-10(7,4)13/h7,13H,5-6H2,1-4H3,(H,11,12)/t7-,10+/m0/s1. The van der Waals surface area contributed by atoms with Crippen LogP contribution in [0.3, 0.4) is 0 Å². The van der Waals surface area contributed by atoms with Gasteiger partial charge in [-0.05, 0) is 27.7 Å². The highest BCUT2D eigenvalue weighted by molar-refractivity contribution is 5.68. The number of carbonyl (C=O) groups excluding carboxylic acids is 1. The largest absolute Gasteiger partial charge is 0.444 e. The lowest BCUT2D eigenvalue weighted by Gasteiger charge is -2.26. The van der Waals surface area contributed by atoms with Gasteiger partial charge in [-0.15, -0.1) is 0 Å². The Morgan fingerprint density at radius 2 is 2.20 bits per heavy atom. The third kappa shape index (κ3) is 3.68. The lowest BCUT2D eigenvalue weighted by atomic mass is 10.0. The first-order valence-electron chi connectivity index (χ1n) is 5.00. The molecule has 1 saturated heterocycles. The average molecular weight is 217 g/mol. The number of hydrogen-bond donors (Lipinski definition) is 2. The maximum Gasteiger partial charge on any atom is 0.408 e. The Bertz CT molecular complexity index is 244. The second-order valence-corrected chi connectivity index (χ2v) is 5.07. The summed E-state index contributed by atoms with van der Waals surface area (Å²) in [6.45, 7) is 7.53. The van der Waals surface area contributed by atoms with Crippen LogP contribution < -0.4 is 5.32 Å². The molecule has 1 rings (SSSR count). The van der Waals surface area contributed by atoms with Crippen molar-refractivity contribution in [1.82, 2.24) is 5.32 Å². The predicted molar refractivity (Wildman–Crippen MR) is 54.6 cm³/mol. The summed E-state index contributed by atoms with van der Waals surface area (Å²) in [5.41, 5.74) is -1.55. The summed E-state index contributed by atoms with van der Waals surface area (Å²) < 4.78 is 10.2. The van der Waals surface area contributed by atoms with Gasteiger partial charge in [-0.25, -0.2) is 4.79 Å². The number of rotatable bonds is 1. The van der Waals surface area contributed by atoms with Crippen molar-refractivity contribution in [2.24, 2.45) is 0 Å². The van der Waals surface area contributed by atoms with Crippen LogP contribution in [0.25, 0.3) is 0 Å². The van der Waals surface area contributed by atoms with Crippen molar-refractivity contribution in [3.05, 3.63) is 0 Å². The highest BCUT2D eigenvalue weighted by Crippen LogP contribution is 2.18. The molecule has 0 unspecified atom stereocenters. The van der Waals surface area contributed by atoms with E-state index in [1.165, 1.54) is 0 Å². The molecule has 15 heavy (non-hydrogen) atoms. The van der Waals surface area contributed by atoms with Gasteiger partial charge in [-0.2, -0.15) is 0 Å². The zero-order chi connectivity index (χ0) is 11.7. The van der Waals surface area contributed by atoms with Gasteiger partial charge in [0.15, 0.2) is 0 Å². The first-order valence-corrected chi connectivity index (χ1v) is 5.00. The molecule has 2 atom stereocenters. The zero-order valence-electron chi connectivity index (χ0n) is 9.66. The van der Waals surface area contributed by atoms with Crippen LogP contribution in [0.1, 0.15) is 27.7 Å². The predicted octanol–water partition coefficient (Wildman–Crippen LogP) is 0.661. The first-order chi connectivity index (χ1) is 6.71. The summed E-state index contributed by atoms with van der Waals surface area (Å²) in [7, 11) is 0. The summed E-state index contributed by atoms with van der Waals surface area (Å²) in [5, 5.41) is 12.4. The summed E-state index contributed by atoms with van der Waals surface area (Å²) in [4.78, 5) is 11.4. The second-order valence-electron chi connectivity index (χ2n) is 5.07. The second kappa shape index (κ2) is 3.98. The molecule has 2 N–H and O–H groups in total. The normalized spacial score (nSPS) is 31.4. The van der Waals surface area contributed by atoms with Crippen molar-refractivity contribution in [3.8, 4) is 0 Å². The first kappa shape index (κ1) is 12.3. The molecule has 0 aromatic heterocycles. The molecule has 0 saturated carbocycles. The Kier molecular flexibility index (Phi) is 3.25. The molecule has 1 amide bonds. The molecular weight excluding hydrogens is 198 g/mol. The van der Waals surface area contributed by atoms with Crippen LogP contribution in [0.15, 0.2) is 0 Å². The minimum atomic E-state index is -1.02. The van der Waals surface area contributed by atoms with E-state index in [1.807, 2.05) is 0 Å². The molecule has 1 heterocycles. The Morgan fingerprint density at radius 3 is 2.60 bits per heavy atom. The number of nitrogens with one attached hydrogen (secondary N) is 1. The van der Waals surface area contributed by atoms with Crippen LogP contribution in [-0.2, 0) is 9.47 Å². The van der Waals surface area contributed by atoms with Crippen LogP contribution in [0.5, 0.6) is 0 Å². The molecule has 1 fully saturated rings. The molecule has 5 nitrogen and oxygen atoms in total. The van der Waals surface area contributed by atoms with E-state index < -0.39 is 23.3 Å². The van der Waals surface area contributed by atoms with Crippen molar-refractivity contribution in [2.45, 2.75) is 44.9 Å². The van der Waals surface area contributed by atoms with E-state index in [9.17, 15) is 9.90 Å². The van der Waals surface area contributed by atoms with Crippen LogP contribution in [0, 0.1) is 0 Å². The topological polar surface area (TPSA) is 67.8 Å². The van der Waals surface area contributed by atoms with Crippen LogP contribution in [0.4, 0.5) is 4.79 Å². The van der Waals surface area contributed by atoms with Crippen molar-refractivity contribution < 1.29 is 19.4 Å². The third-order valence-electron chi connectivity index (χ3n) is 2.12. The maximum absolute atomic E-state index is 11.4. The fourth-order valence-electron chi connectivity index (χ4n) is 1.31. The molecule has 1 aliphatic heterocycles. The van der Waals surface area contributed by atoms with Gasteiger partial charge in [0.1, 0.15) is 11.2 Å². The lowest BCUT2D eigenvalue weighted by Crippen LogP contribution is -2.51. The molecule has 0 aliphatic carbocycles. The molecule has 0 spiro atoms. The van der Waals surface area contributed by atoms with Crippen LogP contribution in [0.2, 0.25) is 0 Å². The molecule has 88 valence electrons. The summed E-state index contributed by atoms with van der Waals surface area (Å²) >= 11 is 0. The SMILES string of the molecule is CC(C)(C)OC(=O)N[C@H]1COC[C@@]1(C)O. The number of hydrogen-bond acceptors (Lipinski definition) is 4. The van der Waals surface area contributed by atoms with E-state index in [0.717, 1.165) is 0 Å². The van der Waals surface area contributed by atoms with Crippen molar-refractivity contribution in [3.63, 3.8) is 0 Å². The van der Waals surface area contributed by atoms with Crippen LogP contribution >= 0.6 is 0 Å². The van der Waals surface area contributed by atoms with E-state index >= 15 is 0 Å². The number of alkyl carbamates (subject to hydrolysis) is 1. The molecule has 0 aromatic carbocycles. The van der Waals surface area contributed by atoms with Gasteiger partial charge < -0.3 is 19.9 Å². The zero-order valence-corrected chi connectivity index (χ0v) is 9.66. The quantitative estimate of drug-likeness (QED) is 0.677. The Hall–Kier alpha value is -0.810. The van der Waals surface area contributed by atoms with E-state index in [1.54, 1.807) is 27.7 Å². The third-order valence-corrected chi connectivity index (χ3v) is 2.12. The summed E-state index contributed by atoms with van der Waals surface area (Å²) in [5.74, 6) is 0. The summed E-state index contributed by atoms with van der Waals surface area (Å²) in [6, 6.07) is -0.410. The van der Waals surface area contributed by atoms with Gasteiger partial charge in [0, 0.05) is 0 Å². The molecule has 1 aliphatic rings. The van der Waals surface area contributed by atoms with Crippen molar-refractivity contribution in [1.29, 1.82) is 0 Å². The number of ether oxygens (including phenoxy) is 2. The Morgan fingerprint density at radius 1 is 1.60 bits per heavy atom. The molecule has 0 aromatic rings. The Balaban J connectivity index is 2.45. The van der Waals surface area contributed by atoms with E-state index in [-0.39, 0.29) is 6.61 Å². The number of carbonyl (C=O) groups is 1. The van der Waals surface area contributed by atoms with E-state index in [0.29, 0.717) is 6.61 Å². The average Bonchev–Trinajstić information content (AvgIpc) is 2.26.